The molecule has 10 heteroatoms. The van der Waals surface area contributed by atoms with Crippen LogP contribution in [0.5, 0.6) is 5.75 Å². The van der Waals surface area contributed by atoms with Gasteiger partial charge in [-0.2, -0.15) is 4.72 Å². The summed E-state index contributed by atoms with van der Waals surface area (Å²) in [5, 5.41) is 2.14. The first kappa shape index (κ1) is 25.3. The quantitative estimate of drug-likeness (QED) is 0.436. The molecule has 0 radical (unpaired) electrons. The molecular weight excluding hydrogens is 469 g/mol. The first-order chi connectivity index (χ1) is 16.1. The van der Waals surface area contributed by atoms with Gasteiger partial charge in [0.1, 0.15) is 11.8 Å². The minimum atomic E-state index is -4.19. The minimum Gasteiger partial charge on any atom is -0.494 e. The van der Waals surface area contributed by atoms with Crippen LogP contribution < -0.4 is 14.8 Å². The van der Waals surface area contributed by atoms with Gasteiger partial charge in [-0.15, -0.1) is 0 Å². The molecule has 3 aromatic carbocycles. The molecule has 3 aromatic rings. The Morgan fingerprint density at radius 1 is 1.00 bits per heavy atom. The molecule has 0 aliphatic carbocycles. The van der Waals surface area contributed by atoms with Gasteiger partial charge in [0, 0.05) is 0 Å². The zero-order valence-corrected chi connectivity index (χ0v) is 19.3. The second-order valence-corrected chi connectivity index (χ2v) is 9.15. The smallest absolute Gasteiger partial charge is 0.242 e. The standard InChI is InChI=1S/C24H23F3N2O4S/c1-3-33-21-12-9-17(13-15(21)2)34(31,32)29-20(14-16-7-5-4-6-8-16)24(30)28-19-11-10-18(25)22(26)23(19)27/h4-13,20,29H,3,14H2,1-2H3,(H,28,30)/t20-/m1/s1. The highest BCUT2D eigenvalue weighted by molar-refractivity contribution is 7.89. The van der Waals surface area contributed by atoms with Crippen LogP contribution in [0.1, 0.15) is 18.1 Å². The van der Waals surface area contributed by atoms with Gasteiger partial charge in [0.2, 0.25) is 15.9 Å². The summed E-state index contributed by atoms with van der Waals surface area (Å²) in [6.45, 7) is 3.89. The lowest BCUT2D eigenvalue weighted by Gasteiger charge is -2.19. The van der Waals surface area contributed by atoms with Crippen LogP contribution in [0.4, 0.5) is 18.9 Å². The number of hydrogen-bond donors (Lipinski definition) is 2. The molecule has 180 valence electrons. The van der Waals surface area contributed by atoms with E-state index in [1.807, 2.05) is 0 Å². The number of carbonyl (C=O) groups is 1. The Labute approximate surface area is 195 Å². The number of benzene rings is 3. The van der Waals surface area contributed by atoms with E-state index in [0.717, 1.165) is 6.07 Å². The molecule has 0 unspecified atom stereocenters. The molecule has 0 aliphatic heterocycles. The van der Waals surface area contributed by atoms with Gasteiger partial charge in [-0.25, -0.2) is 21.6 Å². The third-order valence-electron chi connectivity index (χ3n) is 4.95. The summed E-state index contributed by atoms with van der Waals surface area (Å²) in [7, 11) is -4.19. The maximum Gasteiger partial charge on any atom is 0.242 e. The molecule has 6 nitrogen and oxygen atoms in total. The molecule has 0 saturated heterocycles. The molecule has 0 aliphatic rings. The molecule has 0 heterocycles. The fraction of sp³-hybridized carbons (Fsp3) is 0.208. The van der Waals surface area contributed by atoms with E-state index in [1.165, 1.54) is 18.2 Å². The Kier molecular flexibility index (Phi) is 7.95. The predicted molar refractivity (Wildman–Crippen MR) is 122 cm³/mol. The summed E-state index contributed by atoms with van der Waals surface area (Å²) in [5.74, 6) is -5.17. The first-order valence-electron chi connectivity index (χ1n) is 10.4. The molecule has 0 spiro atoms. The molecule has 3 rings (SSSR count). The molecular formula is C24H23F3N2O4S. The lowest BCUT2D eigenvalue weighted by molar-refractivity contribution is -0.117. The number of anilines is 1. The molecule has 1 amide bonds. The highest BCUT2D eigenvalue weighted by Crippen LogP contribution is 2.23. The minimum absolute atomic E-state index is 0.0762. The average Bonchev–Trinajstić information content (AvgIpc) is 2.81. The number of halogens is 3. The number of hydrogen-bond acceptors (Lipinski definition) is 4. The van der Waals surface area contributed by atoms with Crippen LogP contribution in [0.15, 0.2) is 65.6 Å². The van der Waals surface area contributed by atoms with Crippen molar-refractivity contribution >= 4 is 21.6 Å². The van der Waals surface area contributed by atoms with E-state index in [4.69, 9.17) is 4.74 Å². The highest BCUT2D eigenvalue weighted by Gasteiger charge is 2.28. The SMILES string of the molecule is CCOc1ccc(S(=O)(=O)N[C@H](Cc2ccccc2)C(=O)Nc2ccc(F)c(F)c2F)cc1C. The summed E-state index contributed by atoms with van der Waals surface area (Å²) in [6, 6.07) is 12.9. The number of amides is 1. The number of aryl methyl sites for hydroxylation is 1. The lowest BCUT2D eigenvalue weighted by atomic mass is 10.1. The predicted octanol–water partition coefficient (Wildman–Crippen LogP) is 4.34. The van der Waals surface area contributed by atoms with Crippen molar-refractivity contribution in [2.45, 2.75) is 31.2 Å². The Morgan fingerprint density at radius 2 is 1.71 bits per heavy atom. The van der Waals surface area contributed by atoms with Crippen LogP contribution in [-0.2, 0) is 21.2 Å². The van der Waals surface area contributed by atoms with Crippen molar-refractivity contribution in [3.05, 3.63) is 89.2 Å². The van der Waals surface area contributed by atoms with Crippen molar-refractivity contribution in [1.29, 1.82) is 0 Å². The van der Waals surface area contributed by atoms with Gasteiger partial charge in [0.25, 0.3) is 0 Å². The highest BCUT2D eigenvalue weighted by atomic mass is 32.2. The van der Waals surface area contributed by atoms with Crippen LogP contribution in [0, 0.1) is 24.4 Å². The number of carbonyl (C=O) groups excluding carboxylic acids is 1. The fourth-order valence-corrected chi connectivity index (χ4v) is 4.52. The molecule has 1 atom stereocenters. The fourth-order valence-electron chi connectivity index (χ4n) is 3.24. The van der Waals surface area contributed by atoms with E-state index in [1.54, 1.807) is 44.2 Å². The van der Waals surface area contributed by atoms with Crippen LogP contribution >= 0.6 is 0 Å². The normalized spacial score (nSPS) is 12.3. The van der Waals surface area contributed by atoms with Crippen molar-refractivity contribution in [2.75, 3.05) is 11.9 Å². The largest absolute Gasteiger partial charge is 0.494 e. The van der Waals surface area contributed by atoms with E-state index in [-0.39, 0.29) is 11.3 Å². The van der Waals surface area contributed by atoms with Crippen LogP contribution in [0.3, 0.4) is 0 Å². The van der Waals surface area contributed by atoms with E-state index in [9.17, 15) is 26.4 Å². The maximum atomic E-state index is 14.1. The average molecular weight is 493 g/mol. The Bertz CT molecular complexity index is 1280. The Balaban J connectivity index is 1.90. The molecule has 0 aromatic heterocycles. The summed E-state index contributed by atoms with van der Waals surface area (Å²) in [5.41, 5.74) is 0.592. The van der Waals surface area contributed by atoms with Crippen molar-refractivity contribution in [3.8, 4) is 5.75 Å². The van der Waals surface area contributed by atoms with Crippen molar-refractivity contribution < 1.29 is 31.1 Å². The summed E-state index contributed by atoms with van der Waals surface area (Å²) >= 11 is 0. The number of ether oxygens (including phenoxy) is 1. The van der Waals surface area contributed by atoms with Gasteiger partial charge >= 0.3 is 0 Å². The maximum absolute atomic E-state index is 14.1. The van der Waals surface area contributed by atoms with Crippen molar-refractivity contribution in [1.82, 2.24) is 4.72 Å². The van der Waals surface area contributed by atoms with Crippen molar-refractivity contribution in [2.24, 2.45) is 0 Å². The van der Waals surface area contributed by atoms with Crippen LogP contribution in [0.25, 0.3) is 0 Å². The number of sulfonamides is 1. The zero-order chi connectivity index (χ0) is 24.9. The summed E-state index contributed by atoms with van der Waals surface area (Å²) in [6.07, 6.45) is -0.0762. The third kappa shape index (κ3) is 5.95. The lowest BCUT2D eigenvalue weighted by Crippen LogP contribution is -2.45. The van der Waals surface area contributed by atoms with Gasteiger partial charge in [0.15, 0.2) is 17.5 Å². The Hall–Kier alpha value is -3.37. The summed E-state index contributed by atoms with van der Waals surface area (Å²) < 4.78 is 74.8. The number of rotatable bonds is 9. The topological polar surface area (TPSA) is 84.5 Å². The van der Waals surface area contributed by atoms with Gasteiger partial charge in [0.05, 0.1) is 17.2 Å². The molecule has 2 N–H and O–H groups in total. The number of nitrogens with one attached hydrogen (secondary N) is 2. The van der Waals surface area contributed by atoms with E-state index in [0.29, 0.717) is 29.5 Å². The van der Waals surface area contributed by atoms with Gasteiger partial charge in [-0.05, 0) is 61.7 Å². The second-order valence-electron chi connectivity index (χ2n) is 7.44. The van der Waals surface area contributed by atoms with Crippen LogP contribution in [0.2, 0.25) is 0 Å². The van der Waals surface area contributed by atoms with E-state index >= 15 is 0 Å². The molecule has 0 fully saturated rings. The van der Waals surface area contributed by atoms with Crippen LogP contribution in [-0.4, -0.2) is 27.0 Å². The van der Waals surface area contributed by atoms with Gasteiger partial charge in [-0.3, -0.25) is 4.79 Å². The van der Waals surface area contributed by atoms with E-state index < -0.39 is 45.1 Å². The second kappa shape index (κ2) is 10.7. The van der Waals surface area contributed by atoms with Gasteiger partial charge in [-0.1, -0.05) is 30.3 Å². The summed E-state index contributed by atoms with van der Waals surface area (Å²) in [4.78, 5) is 12.8. The molecule has 0 bridgehead atoms. The zero-order valence-electron chi connectivity index (χ0n) is 18.4. The van der Waals surface area contributed by atoms with Gasteiger partial charge < -0.3 is 10.1 Å². The first-order valence-corrected chi connectivity index (χ1v) is 11.8. The monoisotopic (exact) mass is 492 g/mol. The Morgan fingerprint density at radius 3 is 2.35 bits per heavy atom. The molecule has 0 saturated carbocycles. The van der Waals surface area contributed by atoms with E-state index in [2.05, 4.69) is 10.0 Å². The third-order valence-corrected chi connectivity index (χ3v) is 6.42. The van der Waals surface area contributed by atoms with Crippen molar-refractivity contribution in [3.63, 3.8) is 0 Å². The molecule has 34 heavy (non-hydrogen) atoms.